The second kappa shape index (κ2) is 7.94. The van der Waals surface area contributed by atoms with Crippen molar-refractivity contribution in [3.05, 3.63) is 76.0 Å². The number of H-pyrrole nitrogens is 1. The molecule has 0 fully saturated rings. The largest absolute Gasteiger partial charge is 0.354 e. The number of para-hydroxylation sites is 1. The van der Waals surface area contributed by atoms with Crippen LogP contribution in [0.15, 0.2) is 54.7 Å². The number of thiazole rings is 1. The van der Waals surface area contributed by atoms with Crippen LogP contribution in [0.2, 0.25) is 0 Å². The first-order valence-corrected chi connectivity index (χ1v) is 9.95. The summed E-state index contributed by atoms with van der Waals surface area (Å²) in [5.74, 6) is -0.276. The SMILES string of the molecule is Cc1cnc(CNC(=O)CCc2c(-c3ccc(F)cc3)[nH]c3ccccc23)s1. The van der Waals surface area contributed by atoms with Crippen LogP contribution in [-0.4, -0.2) is 15.9 Å². The lowest BCUT2D eigenvalue weighted by Gasteiger charge is -2.06. The zero-order chi connectivity index (χ0) is 19.5. The number of aryl methyl sites for hydroxylation is 2. The van der Waals surface area contributed by atoms with E-state index in [9.17, 15) is 9.18 Å². The smallest absolute Gasteiger partial charge is 0.220 e. The van der Waals surface area contributed by atoms with Gasteiger partial charge in [-0.25, -0.2) is 9.37 Å². The van der Waals surface area contributed by atoms with E-state index >= 15 is 0 Å². The van der Waals surface area contributed by atoms with Crippen LogP contribution in [0.3, 0.4) is 0 Å². The van der Waals surface area contributed by atoms with Crippen molar-refractivity contribution < 1.29 is 9.18 Å². The Morgan fingerprint density at radius 3 is 2.71 bits per heavy atom. The molecule has 1 amide bonds. The molecule has 0 unspecified atom stereocenters. The average Bonchev–Trinajstić information content (AvgIpc) is 3.28. The van der Waals surface area contributed by atoms with E-state index in [0.717, 1.165) is 37.6 Å². The van der Waals surface area contributed by atoms with E-state index < -0.39 is 0 Å². The molecule has 2 N–H and O–H groups in total. The fourth-order valence-corrected chi connectivity index (χ4v) is 4.03. The fourth-order valence-electron chi connectivity index (χ4n) is 3.31. The van der Waals surface area contributed by atoms with Crippen molar-refractivity contribution in [1.29, 1.82) is 0 Å². The molecule has 0 bridgehead atoms. The van der Waals surface area contributed by atoms with Gasteiger partial charge >= 0.3 is 0 Å². The quantitative estimate of drug-likeness (QED) is 0.485. The van der Waals surface area contributed by atoms with E-state index in [0.29, 0.717) is 19.4 Å². The molecule has 4 aromatic rings. The number of hydrogen-bond donors (Lipinski definition) is 2. The van der Waals surface area contributed by atoms with Crippen LogP contribution in [0.25, 0.3) is 22.2 Å². The van der Waals surface area contributed by atoms with Crippen molar-refractivity contribution in [2.75, 3.05) is 0 Å². The second-order valence-electron chi connectivity index (χ2n) is 6.67. The molecule has 28 heavy (non-hydrogen) atoms. The predicted octanol–water partition coefficient (Wildman–Crippen LogP) is 4.99. The lowest BCUT2D eigenvalue weighted by atomic mass is 10.0. The minimum atomic E-state index is -0.266. The van der Waals surface area contributed by atoms with Gasteiger partial charge in [0.25, 0.3) is 0 Å². The first-order valence-electron chi connectivity index (χ1n) is 9.13. The number of aromatic amines is 1. The number of aromatic nitrogens is 2. The lowest BCUT2D eigenvalue weighted by molar-refractivity contribution is -0.121. The standard InChI is InChI=1S/C22H20FN3OS/c1-14-12-25-21(28-14)13-24-20(27)11-10-18-17-4-2-3-5-19(17)26-22(18)15-6-8-16(23)9-7-15/h2-9,12,26H,10-11,13H2,1H3,(H,24,27). The van der Waals surface area contributed by atoms with Crippen molar-refractivity contribution in [2.45, 2.75) is 26.3 Å². The molecule has 0 saturated heterocycles. The number of rotatable bonds is 6. The number of nitrogens with one attached hydrogen (secondary N) is 2. The highest BCUT2D eigenvalue weighted by molar-refractivity contribution is 7.11. The molecule has 4 nitrogen and oxygen atoms in total. The van der Waals surface area contributed by atoms with E-state index in [1.54, 1.807) is 23.5 Å². The Hall–Kier alpha value is -2.99. The average molecular weight is 393 g/mol. The van der Waals surface area contributed by atoms with E-state index in [-0.39, 0.29) is 11.7 Å². The highest BCUT2D eigenvalue weighted by Gasteiger charge is 2.14. The third-order valence-corrected chi connectivity index (χ3v) is 5.57. The minimum Gasteiger partial charge on any atom is -0.354 e. The van der Waals surface area contributed by atoms with Gasteiger partial charge in [0.05, 0.1) is 6.54 Å². The Morgan fingerprint density at radius 2 is 1.96 bits per heavy atom. The summed E-state index contributed by atoms with van der Waals surface area (Å²) in [4.78, 5) is 21.2. The molecule has 0 atom stereocenters. The Bertz CT molecular complexity index is 1110. The van der Waals surface area contributed by atoms with Crippen LogP contribution in [0.1, 0.15) is 21.9 Å². The third kappa shape index (κ3) is 3.97. The van der Waals surface area contributed by atoms with Crippen molar-refractivity contribution >= 4 is 28.1 Å². The zero-order valence-electron chi connectivity index (χ0n) is 15.5. The maximum atomic E-state index is 13.3. The maximum Gasteiger partial charge on any atom is 0.220 e. The maximum absolute atomic E-state index is 13.3. The molecule has 2 aromatic carbocycles. The number of carbonyl (C=O) groups is 1. The third-order valence-electron chi connectivity index (χ3n) is 4.65. The molecule has 2 heterocycles. The van der Waals surface area contributed by atoms with Crippen molar-refractivity contribution in [3.8, 4) is 11.3 Å². The number of amides is 1. The van der Waals surface area contributed by atoms with Gasteiger partial charge < -0.3 is 10.3 Å². The molecule has 0 aliphatic carbocycles. The molecule has 0 saturated carbocycles. The first kappa shape index (κ1) is 18.4. The monoisotopic (exact) mass is 393 g/mol. The van der Waals surface area contributed by atoms with Gasteiger partial charge in [-0.3, -0.25) is 4.79 Å². The molecule has 0 radical (unpaired) electrons. The van der Waals surface area contributed by atoms with Gasteiger partial charge in [-0.05, 0) is 54.8 Å². The summed E-state index contributed by atoms with van der Waals surface area (Å²) in [5.41, 5.74) is 3.92. The number of benzene rings is 2. The van der Waals surface area contributed by atoms with Crippen LogP contribution in [0.4, 0.5) is 4.39 Å². The van der Waals surface area contributed by atoms with Crippen LogP contribution >= 0.6 is 11.3 Å². The highest BCUT2D eigenvalue weighted by atomic mass is 32.1. The number of nitrogens with zero attached hydrogens (tertiary/aromatic N) is 1. The minimum absolute atomic E-state index is 0.0109. The number of fused-ring (bicyclic) bond motifs is 1. The molecule has 0 spiro atoms. The summed E-state index contributed by atoms with van der Waals surface area (Å²) in [6, 6.07) is 14.4. The highest BCUT2D eigenvalue weighted by Crippen LogP contribution is 2.31. The molecule has 0 aliphatic rings. The van der Waals surface area contributed by atoms with Gasteiger partial charge in [-0.15, -0.1) is 11.3 Å². The van der Waals surface area contributed by atoms with Gasteiger partial charge in [-0.1, -0.05) is 18.2 Å². The summed E-state index contributed by atoms with van der Waals surface area (Å²) in [6.07, 6.45) is 2.78. The number of hydrogen-bond acceptors (Lipinski definition) is 3. The summed E-state index contributed by atoms with van der Waals surface area (Å²) < 4.78 is 13.3. The molecule has 2 aromatic heterocycles. The Labute approximate surface area is 166 Å². The molecular formula is C22H20FN3OS. The fraction of sp³-hybridized carbons (Fsp3) is 0.182. The Kier molecular flexibility index (Phi) is 5.21. The number of halogens is 1. The summed E-state index contributed by atoms with van der Waals surface area (Å²) in [5, 5.41) is 4.93. The van der Waals surface area contributed by atoms with Crippen molar-refractivity contribution in [3.63, 3.8) is 0 Å². The van der Waals surface area contributed by atoms with Crippen molar-refractivity contribution in [2.24, 2.45) is 0 Å². The molecule has 0 aliphatic heterocycles. The van der Waals surface area contributed by atoms with E-state index in [2.05, 4.69) is 15.3 Å². The summed E-state index contributed by atoms with van der Waals surface area (Å²) >= 11 is 1.59. The molecular weight excluding hydrogens is 373 g/mol. The van der Waals surface area contributed by atoms with Gasteiger partial charge in [0, 0.05) is 34.1 Å². The topological polar surface area (TPSA) is 57.8 Å². The van der Waals surface area contributed by atoms with Crippen molar-refractivity contribution in [1.82, 2.24) is 15.3 Å². The second-order valence-corrected chi connectivity index (χ2v) is 7.99. The Balaban J connectivity index is 1.53. The summed E-state index contributed by atoms with van der Waals surface area (Å²) in [7, 11) is 0. The molecule has 142 valence electrons. The summed E-state index contributed by atoms with van der Waals surface area (Å²) in [6.45, 7) is 2.45. The zero-order valence-corrected chi connectivity index (χ0v) is 16.3. The van der Waals surface area contributed by atoms with E-state index in [1.807, 2.05) is 37.4 Å². The van der Waals surface area contributed by atoms with Gasteiger partial charge in [0.15, 0.2) is 0 Å². The lowest BCUT2D eigenvalue weighted by Crippen LogP contribution is -2.22. The van der Waals surface area contributed by atoms with Crippen LogP contribution in [0, 0.1) is 12.7 Å². The van der Waals surface area contributed by atoms with Crippen LogP contribution in [0.5, 0.6) is 0 Å². The molecule has 4 rings (SSSR count). The van der Waals surface area contributed by atoms with Crippen LogP contribution < -0.4 is 5.32 Å². The Morgan fingerprint density at radius 1 is 1.18 bits per heavy atom. The van der Waals surface area contributed by atoms with Gasteiger partial charge in [-0.2, -0.15) is 0 Å². The van der Waals surface area contributed by atoms with Gasteiger partial charge in [0.1, 0.15) is 10.8 Å². The van der Waals surface area contributed by atoms with Crippen LogP contribution in [-0.2, 0) is 17.8 Å². The van der Waals surface area contributed by atoms with Gasteiger partial charge in [0.2, 0.25) is 5.91 Å². The first-order chi connectivity index (χ1) is 13.6. The van der Waals surface area contributed by atoms with E-state index in [1.165, 1.54) is 12.1 Å². The molecule has 6 heteroatoms. The predicted molar refractivity (Wildman–Crippen MR) is 111 cm³/mol. The number of carbonyl (C=O) groups excluding carboxylic acids is 1. The normalized spacial score (nSPS) is 11.1. The van der Waals surface area contributed by atoms with E-state index in [4.69, 9.17) is 0 Å².